The number of carbonyl (C=O) groups is 2. The highest BCUT2D eigenvalue weighted by atomic mass is 32.2. The van der Waals surface area contributed by atoms with Gasteiger partial charge in [-0.2, -0.15) is 11.3 Å². The first-order valence-electron chi connectivity index (χ1n) is 12.9. The van der Waals surface area contributed by atoms with Crippen LogP contribution in [0.1, 0.15) is 59.0 Å². The molecule has 4 rings (SSSR count). The summed E-state index contributed by atoms with van der Waals surface area (Å²) in [6, 6.07) is 11.1. The molecule has 0 bridgehead atoms. The number of aromatic nitrogens is 2. The molecule has 0 saturated carbocycles. The van der Waals surface area contributed by atoms with E-state index in [0.29, 0.717) is 42.0 Å². The first-order valence-corrected chi connectivity index (χ1v) is 15.0. The van der Waals surface area contributed by atoms with Crippen LogP contribution >= 0.6 is 23.1 Å². The Morgan fingerprint density at radius 2 is 2.08 bits per heavy atom. The zero-order chi connectivity index (χ0) is 27.8. The lowest BCUT2D eigenvalue weighted by Gasteiger charge is -2.18. The standard InChI is InChI=1S/C29H33N5O3S2/c1-4-7-21(8-6-14-35)32-29(37)26-25(20-12-15-39-18-20)33-27-22(9-5-13-34(26)27)28(36)31-17-19-10-11-23(30-2)24(16-19)38-3/h5,9-13,15-16,18,21,35H,2,4,6-8,14,17H2,1,3H3,(H,31,36)(H,32,37)/t21-/m1/s1. The van der Waals surface area contributed by atoms with Crippen LogP contribution in [0.3, 0.4) is 0 Å². The lowest BCUT2D eigenvalue weighted by molar-refractivity contribution is 0.0921. The molecule has 1 atom stereocenters. The zero-order valence-electron chi connectivity index (χ0n) is 22.1. The Balaban J connectivity index is 1.66. The zero-order valence-corrected chi connectivity index (χ0v) is 23.8. The van der Waals surface area contributed by atoms with E-state index in [1.807, 2.05) is 41.3 Å². The third kappa shape index (κ3) is 6.58. The van der Waals surface area contributed by atoms with E-state index in [1.165, 1.54) is 11.3 Å². The third-order valence-electron chi connectivity index (χ3n) is 6.45. The van der Waals surface area contributed by atoms with Crippen LogP contribution in [0.25, 0.3) is 16.9 Å². The average molecular weight is 564 g/mol. The molecule has 0 aliphatic carbocycles. The number of pyridine rings is 1. The van der Waals surface area contributed by atoms with Gasteiger partial charge in [0.1, 0.15) is 11.4 Å². The summed E-state index contributed by atoms with van der Waals surface area (Å²) in [6.45, 7) is 6.09. The summed E-state index contributed by atoms with van der Waals surface area (Å²) >= 11 is 3.09. The summed E-state index contributed by atoms with van der Waals surface area (Å²) in [5.41, 5.74) is 4.29. The molecule has 3 heterocycles. The molecule has 0 fully saturated rings. The molecular formula is C29H33N5O3S2. The number of aliphatic imine (C=N–C) groups is 1. The van der Waals surface area contributed by atoms with Crippen LogP contribution in [-0.4, -0.2) is 51.9 Å². The van der Waals surface area contributed by atoms with Crippen LogP contribution in [0.15, 0.2) is 63.2 Å². The number of nitrogens with one attached hydrogen (secondary N) is 2. The van der Waals surface area contributed by atoms with Crippen molar-refractivity contribution in [2.75, 3.05) is 12.9 Å². The molecule has 0 radical (unpaired) electrons. The number of aliphatic hydroxyl groups is 1. The van der Waals surface area contributed by atoms with Crippen molar-refractivity contribution in [2.45, 2.75) is 50.1 Å². The predicted octanol–water partition coefficient (Wildman–Crippen LogP) is 5.72. The second-order valence-corrected chi connectivity index (χ2v) is 10.7. The molecule has 2 amide bonds. The fourth-order valence-electron chi connectivity index (χ4n) is 4.53. The normalized spacial score (nSPS) is 11.9. The van der Waals surface area contributed by atoms with Crippen molar-refractivity contribution >= 4 is 53.0 Å². The largest absolute Gasteiger partial charge is 0.396 e. The predicted molar refractivity (Wildman–Crippen MR) is 160 cm³/mol. The van der Waals surface area contributed by atoms with Gasteiger partial charge in [-0.15, -0.1) is 11.8 Å². The summed E-state index contributed by atoms with van der Waals surface area (Å²) in [5.74, 6) is -0.531. The number of benzene rings is 1. The molecule has 10 heteroatoms. The minimum absolute atomic E-state index is 0.0594. The van der Waals surface area contributed by atoms with E-state index >= 15 is 0 Å². The summed E-state index contributed by atoms with van der Waals surface area (Å²) in [4.78, 5) is 36.8. The SMILES string of the molecule is C=Nc1ccc(CNC(=O)c2cccn3c(C(=O)N[C@H](CCC)CCCO)c(-c4ccsc4)nc23)cc1SC. The molecule has 4 aromatic rings. The van der Waals surface area contributed by atoms with Gasteiger partial charge in [-0.1, -0.05) is 19.4 Å². The molecule has 1 aromatic carbocycles. The van der Waals surface area contributed by atoms with Gasteiger partial charge in [0, 0.05) is 41.2 Å². The number of hydrogen-bond acceptors (Lipinski definition) is 7. The lowest BCUT2D eigenvalue weighted by atomic mass is 10.1. The minimum Gasteiger partial charge on any atom is -0.396 e. The number of amides is 2. The van der Waals surface area contributed by atoms with Crippen LogP contribution < -0.4 is 10.6 Å². The lowest BCUT2D eigenvalue weighted by Crippen LogP contribution is -2.36. The molecule has 204 valence electrons. The number of thioether (sulfide) groups is 1. The van der Waals surface area contributed by atoms with Crippen molar-refractivity contribution < 1.29 is 14.7 Å². The fourth-order valence-corrected chi connectivity index (χ4v) is 5.78. The van der Waals surface area contributed by atoms with E-state index in [9.17, 15) is 14.7 Å². The molecule has 0 spiro atoms. The van der Waals surface area contributed by atoms with Gasteiger partial charge in [0.25, 0.3) is 11.8 Å². The van der Waals surface area contributed by atoms with E-state index < -0.39 is 0 Å². The number of rotatable bonds is 13. The van der Waals surface area contributed by atoms with E-state index in [2.05, 4.69) is 29.3 Å². The maximum Gasteiger partial charge on any atom is 0.270 e. The monoisotopic (exact) mass is 563 g/mol. The van der Waals surface area contributed by atoms with E-state index in [0.717, 1.165) is 34.6 Å². The van der Waals surface area contributed by atoms with Gasteiger partial charge in [0.15, 0.2) is 5.65 Å². The summed E-state index contributed by atoms with van der Waals surface area (Å²) in [7, 11) is 0. The van der Waals surface area contributed by atoms with Crippen molar-refractivity contribution in [3.05, 3.63) is 70.2 Å². The van der Waals surface area contributed by atoms with E-state index in [1.54, 1.807) is 34.5 Å². The summed E-state index contributed by atoms with van der Waals surface area (Å²) < 4.78 is 1.70. The van der Waals surface area contributed by atoms with Crippen LogP contribution in [0.5, 0.6) is 0 Å². The molecule has 39 heavy (non-hydrogen) atoms. The first kappa shape index (κ1) is 28.5. The highest BCUT2D eigenvalue weighted by molar-refractivity contribution is 7.98. The quantitative estimate of drug-likeness (QED) is 0.142. The minimum atomic E-state index is -0.280. The van der Waals surface area contributed by atoms with E-state index in [4.69, 9.17) is 4.98 Å². The molecule has 0 aliphatic heterocycles. The van der Waals surface area contributed by atoms with Crippen LogP contribution in [-0.2, 0) is 6.54 Å². The number of aliphatic hydroxyl groups excluding tert-OH is 1. The second-order valence-electron chi connectivity index (χ2n) is 9.11. The van der Waals surface area contributed by atoms with Crippen LogP contribution in [0.2, 0.25) is 0 Å². The Labute approximate surface area is 236 Å². The van der Waals surface area contributed by atoms with Crippen LogP contribution in [0, 0.1) is 0 Å². The highest BCUT2D eigenvalue weighted by Crippen LogP contribution is 2.30. The first-order chi connectivity index (χ1) is 19.0. The van der Waals surface area contributed by atoms with Gasteiger partial charge in [-0.05, 0) is 73.5 Å². The molecule has 3 aromatic heterocycles. The Morgan fingerprint density at radius 3 is 2.77 bits per heavy atom. The van der Waals surface area contributed by atoms with Gasteiger partial charge in [-0.25, -0.2) is 4.98 Å². The number of carbonyl (C=O) groups excluding carboxylic acids is 2. The second kappa shape index (κ2) is 13.5. The average Bonchev–Trinajstić information content (AvgIpc) is 3.62. The highest BCUT2D eigenvalue weighted by Gasteiger charge is 2.25. The van der Waals surface area contributed by atoms with Crippen LogP contribution in [0.4, 0.5) is 5.69 Å². The van der Waals surface area contributed by atoms with Crippen molar-refractivity contribution in [2.24, 2.45) is 4.99 Å². The summed E-state index contributed by atoms with van der Waals surface area (Å²) in [6.07, 6.45) is 6.77. The Morgan fingerprint density at radius 1 is 1.23 bits per heavy atom. The fraction of sp³-hybridized carbons (Fsp3) is 0.310. The number of thiophene rings is 1. The van der Waals surface area contributed by atoms with Crippen molar-refractivity contribution in [3.63, 3.8) is 0 Å². The van der Waals surface area contributed by atoms with Crippen molar-refractivity contribution in [3.8, 4) is 11.3 Å². The van der Waals surface area contributed by atoms with Gasteiger partial charge in [-0.3, -0.25) is 19.0 Å². The number of nitrogens with zero attached hydrogens (tertiary/aromatic N) is 3. The Bertz CT molecular complexity index is 1450. The molecule has 0 saturated heterocycles. The van der Waals surface area contributed by atoms with Gasteiger partial charge in [0.2, 0.25) is 0 Å². The maximum absolute atomic E-state index is 13.6. The molecule has 0 unspecified atom stereocenters. The number of hydrogen-bond donors (Lipinski definition) is 3. The molecular weight excluding hydrogens is 530 g/mol. The number of imidazole rings is 1. The smallest absolute Gasteiger partial charge is 0.270 e. The molecule has 3 N–H and O–H groups in total. The number of fused-ring (bicyclic) bond motifs is 1. The van der Waals surface area contributed by atoms with E-state index in [-0.39, 0.29) is 24.5 Å². The molecule has 0 aliphatic rings. The maximum atomic E-state index is 13.6. The summed E-state index contributed by atoms with van der Waals surface area (Å²) in [5, 5.41) is 19.3. The Hall–Kier alpha value is -3.47. The van der Waals surface area contributed by atoms with Gasteiger partial charge >= 0.3 is 0 Å². The molecule has 8 nitrogen and oxygen atoms in total. The van der Waals surface area contributed by atoms with Gasteiger partial charge in [0.05, 0.1) is 11.3 Å². The topological polar surface area (TPSA) is 108 Å². The third-order valence-corrected chi connectivity index (χ3v) is 7.90. The van der Waals surface area contributed by atoms with Gasteiger partial charge < -0.3 is 15.7 Å². The Kier molecular flexibility index (Phi) is 9.91. The van der Waals surface area contributed by atoms with Crippen molar-refractivity contribution in [1.82, 2.24) is 20.0 Å². The van der Waals surface area contributed by atoms with Crippen molar-refractivity contribution in [1.29, 1.82) is 0 Å².